The molecule has 2 aliphatic rings. The van der Waals surface area contributed by atoms with Crippen molar-refractivity contribution >= 4 is 11.9 Å². The number of nitrogens with two attached hydrogens (primary N) is 1. The minimum atomic E-state index is -0.667. The molecule has 0 saturated carbocycles. The summed E-state index contributed by atoms with van der Waals surface area (Å²) in [6, 6.07) is 13.9. The number of benzene rings is 2. The van der Waals surface area contributed by atoms with E-state index in [1.807, 2.05) is 49.4 Å². The molecule has 2 aromatic carbocycles. The van der Waals surface area contributed by atoms with Crippen molar-refractivity contribution in [1.82, 2.24) is 4.90 Å². The number of rotatable bonds is 2. The van der Waals surface area contributed by atoms with Crippen molar-refractivity contribution in [1.29, 1.82) is 0 Å². The lowest BCUT2D eigenvalue weighted by Gasteiger charge is -2.33. The zero-order chi connectivity index (χ0) is 17.6. The molecule has 2 heterocycles. The van der Waals surface area contributed by atoms with Crippen LogP contribution in [0.15, 0.2) is 47.5 Å². The normalized spacial score (nSPS) is 22.1. The van der Waals surface area contributed by atoms with Gasteiger partial charge in [0.25, 0.3) is 0 Å². The maximum Gasteiger partial charge on any atom is 0.231 e. The van der Waals surface area contributed by atoms with Gasteiger partial charge in [-0.1, -0.05) is 24.3 Å². The standard InChI is InChI=1S/C19H19N3O3/c1-19(10-17(23)22(2)18(20)21-19)14-5-3-4-12(8-14)13-6-7-15-16(9-13)25-11-24-15/h3-9H,10-11H2,1-2H3,(H2,20,21). The topological polar surface area (TPSA) is 77.2 Å². The Balaban J connectivity index is 1.74. The van der Waals surface area contributed by atoms with Crippen molar-refractivity contribution in [2.75, 3.05) is 13.8 Å². The van der Waals surface area contributed by atoms with E-state index in [4.69, 9.17) is 15.2 Å². The third-order valence-corrected chi connectivity index (χ3v) is 4.76. The Kier molecular flexibility index (Phi) is 3.42. The van der Waals surface area contributed by atoms with Gasteiger partial charge in [0.05, 0.1) is 12.0 Å². The smallest absolute Gasteiger partial charge is 0.231 e. The number of aliphatic imine (C=N–C) groups is 1. The summed E-state index contributed by atoms with van der Waals surface area (Å²) in [5.41, 5.74) is 8.25. The fourth-order valence-corrected chi connectivity index (χ4v) is 3.18. The van der Waals surface area contributed by atoms with Gasteiger partial charge in [-0.2, -0.15) is 0 Å². The summed E-state index contributed by atoms with van der Waals surface area (Å²) in [7, 11) is 1.64. The van der Waals surface area contributed by atoms with Crippen molar-refractivity contribution in [2.24, 2.45) is 10.7 Å². The minimum absolute atomic E-state index is 0.0384. The highest BCUT2D eigenvalue weighted by atomic mass is 16.7. The van der Waals surface area contributed by atoms with Crippen LogP contribution in [0, 0.1) is 0 Å². The lowest BCUT2D eigenvalue weighted by atomic mass is 9.86. The van der Waals surface area contributed by atoms with Crippen LogP contribution < -0.4 is 15.2 Å². The first-order valence-corrected chi connectivity index (χ1v) is 8.09. The molecule has 0 bridgehead atoms. The predicted octanol–water partition coefficient (Wildman–Crippen LogP) is 2.47. The van der Waals surface area contributed by atoms with Gasteiger partial charge in [-0.05, 0) is 41.8 Å². The molecule has 0 radical (unpaired) electrons. The molecule has 2 aromatic rings. The molecule has 0 aromatic heterocycles. The number of guanidine groups is 1. The predicted molar refractivity (Wildman–Crippen MR) is 94.4 cm³/mol. The van der Waals surface area contributed by atoms with E-state index in [1.54, 1.807) is 7.05 Å². The number of fused-ring (bicyclic) bond motifs is 1. The second-order valence-electron chi connectivity index (χ2n) is 6.52. The van der Waals surface area contributed by atoms with Crippen LogP contribution in [0.1, 0.15) is 18.9 Å². The van der Waals surface area contributed by atoms with Crippen LogP contribution in [-0.4, -0.2) is 30.6 Å². The maximum absolute atomic E-state index is 12.2. The molecular weight excluding hydrogens is 318 g/mol. The van der Waals surface area contributed by atoms with Crippen molar-refractivity contribution in [3.63, 3.8) is 0 Å². The Morgan fingerprint density at radius 2 is 1.88 bits per heavy atom. The van der Waals surface area contributed by atoms with Gasteiger partial charge in [0.1, 0.15) is 0 Å². The third-order valence-electron chi connectivity index (χ3n) is 4.76. The quantitative estimate of drug-likeness (QED) is 0.913. The van der Waals surface area contributed by atoms with Crippen LogP contribution in [0.25, 0.3) is 11.1 Å². The summed E-state index contributed by atoms with van der Waals surface area (Å²) in [5, 5.41) is 0. The number of nitrogens with zero attached hydrogens (tertiary/aromatic N) is 2. The maximum atomic E-state index is 12.2. The van der Waals surface area contributed by atoms with Crippen molar-refractivity contribution < 1.29 is 14.3 Å². The van der Waals surface area contributed by atoms with E-state index in [0.29, 0.717) is 0 Å². The molecule has 25 heavy (non-hydrogen) atoms. The van der Waals surface area contributed by atoms with Crippen LogP contribution in [0.4, 0.5) is 0 Å². The zero-order valence-electron chi connectivity index (χ0n) is 14.2. The lowest BCUT2D eigenvalue weighted by Crippen LogP contribution is -2.47. The molecule has 0 aliphatic carbocycles. The Labute approximate surface area is 145 Å². The van der Waals surface area contributed by atoms with Crippen LogP contribution >= 0.6 is 0 Å². The fraction of sp³-hybridized carbons (Fsp3) is 0.263. The number of amides is 1. The molecule has 4 rings (SSSR count). The molecule has 0 spiro atoms. The summed E-state index contributed by atoms with van der Waals surface area (Å²) in [6.45, 7) is 2.18. The largest absolute Gasteiger partial charge is 0.454 e. The highest BCUT2D eigenvalue weighted by Gasteiger charge is 2.36. The monoisotopic (exact) mass is 337 g/mol. The molecule has 1 amide bonds. The highest BCUT2D eigenvalue weighted by Crippen LogP contribution is 2.38. The summed E-state index contributed by atoms with van der Waals surface area (Å²) >= 11 is 0. The number of carbonyl (C=O) groups is 1. The number of hydrogen-bond acceptors (Lipinski definition) is 5. The molecule has 6 heteroatoms. The number of ether oxygens (including phenoxy) is 2. The van der Waals surface area contributed by atoms with Crippen molar-refractivity contribution in [2.45, 2.75) is 18.9 Å². The van der Waals surface area contributed by atoms with Crippen LogP contribution in [0.5, 0.6) is 11.5 Å². The van der Waals surface area contributed by atoms with Gasteiger partial charge >= 0.3 is 0 Å². The minimum Gasteiger partial charge on any atom is -0.454 e. The summed E-state index contributed by atoms with van der Waals surface area (Å²) in [4.78, 5) is 18.2. The SMILES string of the molecule is CN1C(=O)CC(C)(c2cccc(-c3ccc4c(c3)OCO4)c2)N=C1N. The average Bonchev–Trinajstić information content (AvgIpc) is 3.07. The molecular formula is C19H19N3O3. The van der Waals surface area contributed by atoms with Gasteiger partial charge in [-0.25, -0.2) is 4.99 Å². The summed E-state index contributed by atoms with van der Waals surface area (Å²) in [6.07, 6.45) is 0.287. The first-order chi connectivity index (χ1) is 12.0. The Bertz CT molecular complexity index is 893. The highest BCUT2D eigenvalue weighted by molar-refractivity contribution is 5.98. The Morgan fingerprint density at radius 1 is 1.12 bits per heavy atom. The fourth-order valence-electron chi connectivity index (χ4n) is 3.18. The molecule has 6 nitrogen and oxygen atoms in total. The van der Waals surface area contributed by atoms with Gasteiger partial charge in [-0.15, -0.1) is 0 Å². The molecule has 0 saturated heterocycles. The van der Waals surface area contributed by atoms with E-state index in [1.165, 1.54) is 4.90 Å². The van der Waals surface area contributed by atoms with E-state index < -0.39 is 5.54 Å². The third kappa shape index (κ3) is 2.59. The van der Waals surface area contributed by atoms with Gasteiger partial charge in [0.2, 0.25) is 12.7 Å². The second-order valence-corrected chi connectivity index (χ2v) is 6.52. The molecule has 128 valence electrons. The van der Waals surface area contributed by atoms with Gasteiger partial charge < -0.3 is 15.2 Å². The van der Waals surface area contributed by atoms with Gasteiger partial charge in [-0.3, -0.25) is 9.69 Å². The van der Waals surface area contributed by atoms with Crippen molar-refractivity contribution in [3.8, 4) is 22.6 Å². The van der Waals surface area contributed by atoms with E-state index in [2.05, 4.69) is 4.99 Å². The van der Waals surface area contributed by atoms with E-state index >= 15 is 0 Å². The molecule has 1 unspecified atom stereocenters. The van der Waals surface area contributed by atoms with Crippen molar-refractivity contribution in [3.05, 3.63) is 48.0 Å². The van der Waals surface area contributed by atoms with E-state index in [0.717, 1.165) is 28.2 Å². The Morgan fingerprint density at radius 3 is 2.68 bits per heavy atom. The molecule has 0 fully saturated rings. The molecule has 1 atom stereocenters. The van der Waals surface area contributed by atoms with Gasteiger partial charge in [0.15, 0.2) is 17.5 Å². The first-order valence-electron chi connectivity index (χ1n) is 8.09. The molecule has 2 N–H and O–H groups in total. The number of hydrogen-bond donors (Lipinski definition) is 1. The van der Waals surface area contributed by atoms with Crippen LogP contribution in [0.2, 0.25) is 0 Å². The van der Waals surface area contributed by atoms with Crippen LogP contribution in [-0.2, 0) is 10.3 Å². The lowest BCUT2D eigenvalue weighted by molar-refractivity contribution is -0.128. The van der Waals surface area contributed by atoms with E-state index in [9.17, 15) is 4.79 Å². The second kappa shape index (κ2) is 5.51. The number of carbonyl (C=O) groups excluding carboxylic acids is 1. The van der Waals surface area contributed by atoms with E-state index in [-0.39, 0.29) is 25.1 Å². The molecule has 2 aliphatic heterocycles. The van der Waals surface area contributed by atoms with Crippen LogP contribution in [0.3, 0.4) is 0 Å². The Hall–Kier alpha value is -3.02. The summed E-state index contributed by atoms with van der Waals surface area (Å²) < 4.78 is 10.8. The summed E-state index contributed by atoms with van der Waals surface area (Å²) in [5.74, 6) is 1.70. The first kappa shape index (κ1) is 15.5. The zero-order valence-corrected chi connectivity index (χ0v) is 14.2. The average molecular weight is 337 g/mol. The van der Waals surface area contributed by atoms with Gasteiger partial charge in [0, 0.05) is 7.05 Å².